The summed E-state index contributed by atoms with van der Waals surface area (Å²) in [7, 11) is 1.60. The van der Waals surface area contributed by atoms with E-state index in [-0.39, 0.29) is 11.6 Å². The minimum absolute atomic E-state index is 0.141. The van der Waals surface area contributed by atoms with Crippen molar-refractivity contribution in [1.82, 2.24) is 25.6 Å². The molecule has 1 saturated heterocycles. The lowest BCUT2D eigenvalue weighted by molar-refractivity contribution is -0.137. The first-order chi connectivity index (χ1) is 12.5. The first-order valence-electron chi connectivity index (χ1n) is 8.56. The summed E-state index contributed by atoms with van der Waals surface area (Å²) < 4.78 is 0. The second-order valence-corrected chi connectivity index (χ2v) is 6.54. The number of pyridine rings is 1. The minimum atomic E-state index is -0.827. The van der Waals surface area contributed by atoms with Gasteiger partial charge in [-0.15, -0.1) is 0 Å². The van der Waals surface area contributed by atoms with E-state index in [1.807, 2.05) is 0 Å². The third-order valence-corrected chi connectivity index (χ3v) is 5.00. The van der Waals surface area contributed by atoms with Crippen molar-refractivity contribution in [3.05, 3.63) is 30.1 Å². The molecule has 5 amide bonds. The number of carbonyl (C=O) groups excluding carboxylic acids is 4. The lowest BCUT2D eigenvalue weighted by Gasteiger charge is -2.35. The third kappa shape index (κ3) is 3.12. The number of imide groups is 1. The highest BCUT2D eigenvalue weighted by Crippen LogP contribution is 2.39. The average molecular weight is 359 g/mol. The Hall–Kier alpha value is -2.97. The number of amides is 5. The van der Waals surface area contributed by atoms with Crippen LogP contribution in [0.25, 0.3) is 0 Å². The maximum atomic E-state index is 12.8. The summed E-state index contributed by atoms with van der Waals surface area (Å²) in [5.41, 5.74) is 3.75. The Kier molecular flexibility index (Phi) is 4.88. The summed E-state index contributed by atoms with van der Waals surface area (Å²) >= 11 is 0. The molecular formula is C17H21N5O4. The van der Waals surface area contributed by atoms with Crippen LogP contribution in [-0.4, -0.2) is 57.7 Å². The van der Waals surface area contributed by atoms with E-state index < -0.39 is 29.9 Å². The molecule has 0 radical (unpaired) electrons. The molecule has 1 aliphatic carbocycles. The highest BCUT2D eigenvalue weighted by Gasteiger charge is 2.55. The Labute approximate surface area is 150 Å². The van der Waals surface area contributed by atoms with Crippen molar-refractivity contribution in [3.8, 4) is 0 Å². The average Bonchev–Trinajstić information content (AvgIpc) is 2.84. The Morgan fingerprint density at radius 3 is 2.54 bits per heavy atom. The predicted molar refractivity (Wildman–Crippen MR) is 90.5 cm³/mol. The van der Waals surface area contributed by atoms with Crippen LogP contribution in [-0.2, 0) is 9.59 Å². The Balaban J connectivity index is 1.59. The molecule has 1 spiro atoms. The van der Waals surface area contributed by atoms with Gasteiger partial charge in [0.05, 0.1) is 0 Å². The fourth-order valence-electron chi connectivity index (χ4n) is 3.54. The Bertz CT molecular complexity index is 730. The van der Waals surface area contributed by atoms with Crippen LogP contribution in [0.4, 0.5) is 4.79 Å². The molecule has 1 aromatic heterocycles. The van der Waals surface area contributed by atoms with Crippen molar-refractivity contribution in [2.75, 3.05) is 13.6 Å². The quantitative estimate of drug-likeness (QED) is 0.601. The standard InChI is InChI=1S/C17H21N5O4/c1-21-16(26)22(15(25)17(21)8-4-2-5-9-17)11-13(23)19-20-14(24)12-7-3-6-10-18-12/h3,6-7,10H,2,4-5,8-9,11H2,1H3,(H,19,23)(H,20,24). The lowest BCUT2D eigenvalue weighted by Crippen LogP contribution is -2.50. The van der Waals surface area contributed by atoms with Gasteiger partial charge in [-0.25, -0.2) is 4.79 Å². The minimum Gasteiger partial charge on any atom is -0.313 e. The molecule has 1 aromatic rings. The van der Waals surface area contributed by atoms with E-state index in [1.165, 1.54) is 17.2 Å². The molecule has 0 bridgehead atoms. The molecule has 9 heteroatoms. The van der Waals surface area contributed by atoms with Crippen molar-refractivity contribution in [3.63, 3.8) is 0 Å². The summed E-state index contributed by atoms with van der Waals surface area (Å²) in [5, 5.41) is 0. The van der Waals surface area contributed by atoms with Crippen LogP contribution >= 0.6 is 0 Å². The zero-order valence-electron chi connectivity index (χ0n) is 14.5. The summed E-state index contributed by atoms with van der Waals surface area (Å²) in [5.74, 6) is -1.58. The van der Waals surface area contributed by atoms with E-state index in [1.54, 1.807) is 19.2 Å². The van der Waals surface area contributed by atoms with E-state index in [4.69, 9.17) is 0 Å². The fraction of sp³-hybridized carbons (Fsp3) is 0.471. The SMILES string of the molecule is CN1C(=O)N(CC(=O)NNC(=O)c2ccccn2)C(=O)C12CCCCC2. The van der Waals surface area contributed by atoms with Gasteiger partial charge in [-0.05, 0) is 25.0 Å². The van der Waals surface area contributed by atoms with Gasteiger partial charge in [0.15, 0.2) is 0 Å². The number of likely N-dealkylation sites (N-methyl/N-ethyl adjacent to an activating group) is 1. The molecule has 0 unspecified atom stereocenters. The summed E-state index contributed by atoms with van der Waals surface area (Å²) in [6.45, 7) is -0.438. The van der Waals surface area contributed by atoms with E-state index in [0.29, 0.717) is 12.8 Å². The molecule has 2 fully saturated rings. The van der Waals surface area contributed by atoms with E-state index >= 15 is 0 Å². The first kappa shape index (κ1) is 17.8. The molecule has 2 aliphatic rings. The molecule has 3 rings (SSSR count). The number of aromatic nitrogens is 1. The molecular weight excluding hydrogens is 338 g/mol. The third-order valence-electron chi connectivity index (χ3n) is 5.00. The van der Waals surface area contributed by atoms with Crippen molar-refractivity contribution in [1.29, 1.82) is 0 Å². The number of hydrazine groups is 1. The molecule has 138 valence electrons. The second-order valence-electron chi connectivity index (χ2n) is 6.54. The topological polar surface area (TPSA) is 112 Å². The van der Waals surface area contributed by atoms with Crippen LogP contribution in [0.1, 0.15) is 42.6 Å². The van der Waals surface area contributed by atoms with Gasteiger partial charge in [0, 0.05) is 13.2 Å². The van der Waals surface area contributed by atoms with Crippen LogP contribution in [0.2, 0.25) is 0 Å². The van der Waals surface area contributed by atoms with Crippen LogP contribution < -0.4 is 10.9 Å². The van der Waals surface area contributed by atoms with E-state index in [9.17, 15) is 19.2 Å². The first-order valence-corrected chi connectivity index (χ1v) is 8.56. The molecule has 9 nitrogen and oxygen atoms in total. The highest BCUT2D eigenvalue weighted by atomic mass is 16.2. The van der Waals surface area contributed by atoms with Crippen molar-refractivity contribution in [2.24, 2.45) is 0 Å². The van der Waals surface area contributed by atoms with Gasteiger partial charge in [-0.3, -0.25) is 35.1 Å². The van der Waals surface area contributed by atoms with Gasteiger partial charge in [0.1, 0.15) is 17.8 Å². The smallest absolute Gasteiger partial charge is 0.313 e. The number of urea groups is 1. The van der Waals surface area contributed by atoms with Gasteiger partial charge in [0.25, 0.3) is 17.7 Å². The molecule has 1 saturated carbocycles. The number of hydrogen-bond acceptors (Lipinski definition) is 5. The molecule has 0 atom stereocenters. The Morgan fingerprint density at radius 1 is 1.15 bits per heavy atom. The van der Waals surface area contributed by atoms with E-state index in [2.05, 4.69) is 15.8 Å². The number of rotatable bonds is 3. The summed E-state index contributed by atoms with van der Waals surface area (Å²) in [6.07, 6.45) is 5.48. The normalized spacial score (nSPS) is 19.0. The summed E-state index contributed by atoms with van der Waals surface area (Å²) in [6, 6.07) is 4.32. The summed E-state index contributed by atoms with van der Waals surface area (Å²) in [4.78, 5) is 55.4. The number of carbonyl (C=O) groups is 4. The van der Waals surface area contributed by atoms with Gasteiger partial charge in [-0.1, -0.05) is 25.3 Å². The van der Waals surface area contributed by atoms with Gasteiger partial charge in [0.2, 0.25) is 0 Å². The van der Waals surface area contributed by atoms with Crippen LogP contribution in [0, 0.1) is 0 Å². The lowest BCUT2D eigenvalue weighted by atomic mass is 9.81. The monoisotopic (exact) mass is 359 g/mol. The number of hydrogen-bond donors (Lipinski definition) is 2. The van der Waals surface area contributed by atoms with Crippen molar-refractivity contribution in [2.45, 2.75) is 37.6 Å². The van der Waals surface area contributed by atoms with Gasteiger partial charge in [-0.2, -0.15) is 0 Å². The zero-order valence-corrected chi connectivity index (χ0v) is 14.5. The van der Waals surface area contributed by atoms with Crippen molar-refractivity contribution < 1.29 is 19.2 Å². The second kappa shape index (κ2) is 7.11. The Morgan fingerprint density at radius 2 is 1.88 bits per heavy atom. The highest BCUT2D eigenvalue weighted by molar-refractivity contribution is 6.09. The largest absolute Gasteiger partial charge is 0.327 e. The predicted octanol–water partition coefficient (Wildman–Crippen LogP) is 0.440. The molecule has 2 N–H and O–H groups in total. The van der Waals surface area contributed by atoms with Crippen molar-refractivity contribution >= 4 is 23.8 Å². The maximum absolute atomic E-state index is 12.8. The van der Waals surface area contributed by atoms with Crippen LogP contribution in [0.5, 0.6) is 0 Å². The molecule has 26 heavy (non-hydrogen) atoms. The van der Waals surface area contributed by atoms with Gasteiger partial charge < -0.3 is 4.90 Å². The number of nitrogens with one attached hydrogen (secondary N) is 2. The van der Waals surface area contributed by atoms with Crippen LogP contribution in [0.3, 0.4) is 0 Å². The fourth-order valence-corrected chi connectivity index (χ4v) is 3.54. The molecule has 1 aliphatic heterocycles. The molecule has 0 aromatic carbocycles. The van der Waals surface area contributed by atoms with Gasteiger partial charge >= 0.3 is 6.03 Å². The number of nitrogens with zero attached hydrogens (tertiary/aromatic N) is 3. The molecule has 2 heterocycles. The maximum Gasteiger partial charge on any atom is 0.327 e. The van der Waals surface area contributed by atoms with Crippen LogP contribution in [0.15, 0.2) is 24.4 Å². The zero-order chi connectivity index (χ0) is 18.7. The van der Waals surface area contributed by atoms with E-state index in [0.717, 1.165) is 24.2 Å².